The molecule has 0 unspecified atom stereocenters. The quantitative estimate of drug-likeness (QED) is 0.305. The first-order chi connectivity index (χ1) is 15.2. The molecule has 0 aliphatic carbocycles. The summed E-state index contributed by atoms with van der Waals surface area (Å²) in [5, 5.41) is 0. The predicted molar refractivity (Wildman–Crippen MR) is 124 cm³/mol. The van der Waals surface area contributed by atoms with Crippen LogP contribution >= 0.6 is 0 Å². The summed E-state index contributed by atoms with van der Waals surface area (Å²) in [7, 11) is -5.68. The van der Waals surface area contributed by atoms with Crippen molar-refractivity contribution in [2.75, 3.05) is 6.61 Å². The highest BCUT2D eigenvalue weighted by Gasteiger charge is 2.38. The van der Waals surface area contributed by atoms with Gasteiger partial charge in [-0.3, -0.25) is 0 Å². The van der Waals surface area contributed by atoms with Crippen LogP contribution in [0.2, 0.25) is 0 Å². The maximum absolute atomic E-state index is 11.8. The summed E-state index contributed by atoms with van der Waals surface area (Å²) >= 11 is 0. The molecule has 0 aliphatic rings. The molecule has 0 N–H and O–H groups in total. The van der Waals surface area contributed by atoms with E-state index in [0.717, 1.165) is 6.92 Å². The monoisotopic (exact) mass is 482 g/mol. The fourth-order valence-corrected chi connectivity index (χ4v) is 4.68. The highest BCUT2D eigenvalue weighted by molar-refractivity contribution is 7.97. The summed E-state index contributed by atoms with van der Waals surface area (Å²) in [6.45, 7) is 4.87. The molecule has 0 radical (unpaired) electrons. The fraction of sp³-hybridized carbons (Fsp3) is 0.250. The standard InChI is InChI=1S/C18H15S.C3H6F2O4S.C3H8/c1-4-10-16(11-5-1)19(17-12-6-2-7-13-17)18-14-8-3-9-15-18;1-2-9-3(4,5)10(6,7)8;1-3-2/h1-15H;2H2,1H3,(H,6,7,8);3H2,1-2H3/q+1;;/p-1. The van der Waals surface area contributed by atoms with Gasteiger partial charge < -0.3 is 9.29 Å². The van der Waals surface area contributed by atoms with E-state index >= 15 is 0 Å². The zero-order valence-electron chi connectivity index (χ0n) is 18.3. The van der Waals surface area contributed by atoms with Crippen LogP contribution in [0.4, 0.5) is 8.78 Å². The van der Waals surface area contributed by atoms with Crippen LogP contribution in [0.5, 0.6) is 0 Å². The Labute approximate surface area is 192 Å². The van der Waals surface area contributed by atoms with E-state index in [1.807, 2.05) is 0 Å². The second-order valence-electron chi connectivity index (χ2n) is 6.30. The second-order valence-corrected chi connectivity index (χ2v) is 9.71. The number of hydrogen-bond acceptors (Lipinski definition) is 4. The Morgan fingerprint density at radius 3 is 1.22 bits per heavy atom. The van der Waals surface area contributed by atoms with E-state index in [1.165, 1.54) is 21.1 Å². The molecular formula is C24H28F2O4S2. The summed E-state index contributed by atoms with van der Waals surface area (Å²) < 4.78 is 55.8. The molecule has 0 atom stereocenters. The Hall–Kier alpha value is -2.26. The van der Waals surface area contributed by atoms with Gasteiger partial charge in [-0.2, -0.15) is 8.78 Å². The molecule has 0 aliphatic heterocycles. The number of rotatable bonds is 6. The lowest BCUT2D eigenvalue weighted by molar-refractivity contribution is -0.171. The van der Waals surface area contributed by atoms with Crippen molar-refractivity contribution >= 4 is 21.0 Å². The molecule has 0 heterocycles. The molecule has 0 bridgehead atoms. The first-order valence-corrected chi connectivity index (χ1v) is 12.7. The fourth-order valence-electron chi connectivity index (χ4n) is 2.32. The Morgan fingerprint density at radius 2 is 1.03 bits per heavy atom. The number of ether oxygens (including phenoxy) is 1. The zero-order chi connectivity index (χ0) is 24.0. The van der Waals surface area contributed by atoms with Crippen molar-refractivity contribution in [2.45, 2.75) is 47.3 Å². The molecule has 3 aromatic carbocycles. The molecule has 0 saturated heterocycles. The SMILES string of the molecule is CCC.CCOC(F)(F)S(=O)(=O)[O-].c1ccc([S+](c2ccccc2)c2ccccc2)cc1. The van der Waals surface area contributed by atoms with Crippen molar-refractivity contribution in [3.05, 3.63) is 91.0 Å². The van der Waals surface area contributed by atoms with Crippen molar-refractivity contribution in [1.29, 1.82) is 0 Å². The van der Waals surface area contributed by atoms with Crippen LogP contribution in [0.25, 0.3) is 0 Å². The second kappa shape index (κ2) is 14.0. The van der Waals surface area contributed by atoms with Crippen LogP contribution in [0.1, 0.15) is 27.2 Å². The summed E-state index contributed by atoms with van der Waals surface area (Å²) in [4.78, 5) is 4.08. The summed E-state index contributed by atoms with van der Waals surface area (Å²) in [6.07, 6.45) is 1.25. The van der Waals surface area contributed by atoms with Gasteiger partial charge in [-0.15, -0.1) is 0 Å². The van der Waals surface area contributed by atoms with E-state index in [-0.39, 0.29) is 10.9 Å². The van der Waals surface area contributed by atoms with Gasteiger partial charge in [0, 0.05) is 0 Å². The van der Waals surface area contributed by atoms with Crippen molar-refractivity contribution in [3.63, 3.8) is 0 Å². The molecule has 0 amide bonds. The van der Waals surface area contributed by atoms with Gasteiger partial charge in [0.25, 0.3) is 0 Å². The van der Waals surface area contributed by atoms with E-state index in [4.69, 9.17) is 0 Å². The Kier molecular flexibility index (Phi) is 12.2. The minimum Gasteiger partial charge on any atom is -0.741 e. The number of alkyl halides is 2. The van der Waals surface area contributed by atoms with Crippen LogP contribution in [0.15, 0.2) is 106 Å². The smallest absolute Gasteiger partial charge is 0.450 e. The topological polar surface area (TPSA) is 66.4 Å². The van der Waals surface area contributed by atoms with Gasteiger partial charge in [0.15, 0.2) is 24.8 Å². The third kappa shape index (κ3) is 9.08. The molecule has 0 fully saturated rings. The lowest BCUT2D eigenvalue weighted by atomic mass is 10.4. The van der Waals surface area contributed by atoms with Crippen molar-refractivity contribution < 1.29 is 26.5 Å². The number of hydrogen-bond donors (Lipinski definition) is 0. The molecule has 8 heteroatoms. The van der Waals surface area contributed by atoms with E-state index in [1.54, 1.807) is 0 Å². The lowest BCUT2D eigenvalue weighted by Crippen LogP contribution is -2.31. The number of benzene rings is 3. The predicted octanol–water partition coefficient (Wildman–Crippen LogP) is 6.32. The minimum absolute atomic E-state index is 0.0146. The third-order valence-electron chi connectivity index (χ3n) is 3.54. The Balaban J connectivity index is 0.000000335. The molecule has 32 heavy (non-hydrogen) atoms. The van der Waals surface area contributed by atoms with Crippen molar-refractivity contribution in [1.82, 2.24) is 0 Å². The van der Waals surface area contributed by atoms with Crippen LogP contribution in [-0.4, -0.2) is 25.0 Å². The summed E-state index contributed by atoms with van der Waals surface area (Å²) in [5.41, 5.74) is -4.60. The van der Waals surface area contributed by atoms with Gasteiger partial charge in [0.2, 0.25) is 0 Å². The average Bonchev–Trinajstić information content (AvgIpc) is 2.77. The summed E-state index contributed by atoms with van der Waals surface area (Å²) in [5.74, 6) is 0. The molecule has 0 aromatic heterocycles. The van der Waals surface area contributed by atoms with E-state index in [9.17, 15) is 21.8 Å². The normalized spacial score (nSPS) is 11.1. The van der Waals surface area contributed by atoms with Gasteiger partial charge in [0.1, 0.15) is 0 Å². The largest absolute Gasteiger partial charge is 0.741 e. The molecule has 3 aromatic rings. The van der Waals surface area contributed by atoms with Crippen molar-refractivity contribution in [3.8, 4) is 0 Å². The third-order valence-corrected chi connectivity index (χ3v) is 6.47. The average molecular weight is 483 g/mol. The maximum atomic E-state index is 11.8. The summed E-state index contributed by atoms with van der Waals surface area (Å²) in [6, 6.07) is 32.2. The highest BCUT2D eigenvalue weighted by Crippen LogP contribution is 2.30. The van der Waals surface area contributed by atoms with Crippen LogP contribution in [0.3, 0.4) is 0 Å². The van der Waals surface area contributed by atoms with Crippen molar-refractivity contribution in [2.24, 2.45) is 0 Å². The lowest BCUT2D eigenvalue weighted by Gasteiger charge is -2.18. The minimum atomic E-state index is -5.67. The Morgan fingerprint density at radius 1 is 0.750 bits per heavy atom. The highest BCUT2D eigenvalue weighted by atomic mass is 32.2. The van der Waals surface area contributed by atoms with Crippen LogP contribution in [-0.2, 0) is 25.7 Å². The molecule has 174 valence electrons. The van der Waals surface area contributed by atoms with Crippen LogP contribution in [0, 0.1) is 0 Å². The molecule has 3 rings (SSSR count). The van der Waals surface area contributed by atoms with E-state index < -0.39 is 22.2 Å². The molecule has 0 spiro atoms. The van der Waals surface area contributed by atoms with Gasteiger partial charge in [-0.25, -0.2) is 8.42 Å². The maximum Gasteiger partial charge on any atom is 0.450 e. The van der Waals surface area contributed by atoms with Gasteiger partial charge in [0.05, 0.1) is 17.5 Å². The molecule has 0 saturated carbocycles. The zero-order valence-corrected chi connectivity index (χ0v) is 19.9. The Bertz CT molecular complexity index is 890. The van der Waals surface area contributed by atoms with Crippen LogP contribution < -0.4 is 0 Å². The first-order valence-electron chi connectivity index (χ1n) is 10.0. The van der Waals surface area contributed by atoms with Gasteiger partial charge in [-0.1, -0.05) is 74.9 Å². The van der Waals surface area contributed by atoms with Gasteiger partial charge >= 0.3 is 5.44 Å². The number of halogens is 2. The van der Waals surface area contributed by atoms with Gasteiger partial charge in [-0.05, 0) is 43.3 Å². The first kappa shape index (κ1) is 27.8. The van der Waals surface area contributed by atoms with E-state index in [2.05, 4.69) is 110 Å². The molecule has 4 nitrogen and oxygen atoms in total. The molecular weight excluding hydrogens is 454 g/mol. The van der Waals surface area contributed by atoms with E-state index in [0.29, 0.717) is 0 Å².